The van der Waals surface area contributed by atoms with Gasteiger partial charge in [-0.2, -0.15) is 4.31 Å². The number of hydrogen-bond donors (Lipinski definition) is 0. The first-order valence-electron chi connectivity index (χ1n) is 13.4. The summed E-state index contributed by atoms with van der Waals surface area (Å²) in [7, 11) is -1.89. The van der Waals surface area contributed by atoms with E-state index in [9.17, 15) is 18.0 Å². The maximum atomic E-state index is 13.8. The number of rotatable bonds is 11. The molecule has 0 atom stereocenters. The Hall–Kier alpha value is -2.13. The highest BCUT2D eigenvalue weighted by Crippen LogP contribution is 2.26. The van der Waals surface area contributed by atoms with Gasteiger partial charge in [0.2, 0.25) is 21.8 Å². The molecule has 202 valence electrons. The molecule has 2 amide bonds. The molecule has 9 heteroatoms. The summed E-state index contributed by atoms with van der Waals surface area (Å²) < 4.78 is 32.7. The van der Waals surface area contributed by atoms with E-state index in [2.05, 4.69) is 0 Å². The van der Waals surface area contributed by atoms with Crippen LogP contribution in [0, 0.1) is 5.92 Å². The Morgan fingerprint density at radius 2 is 1.64 bits per heavy atom. The van der Waals surface area contributed by atoms with Gasteiger partial charge in [0.05, 0.1) is 19.4 Å². The highest BCUT2D eigenvalue weighted by molar-refractivity contribution is 7.89. The van der Waals surface area contributed by atoms with E-state index in [0.717, 1.165) is 37.0 Å². The predicted octanol–water partition coefficient (Wildman–Crippen LogP) is 3.66. The number of benzene rings is 1. The summed E-state index contributed by atoms with van der Waals surface area (Å²) in [5.74, 6) is 1.01. The van der Waals surface area contributed by atoms with Gasteiger partial charge in [0, 0.05) is 38.6 Å². The molecule has 36 heavy (non-hydrogen) atoms. The van der Waals surface area contributed by atoms with Crippen molar-refractivity contribution in [2.24, 2.45) is 5.92 Å². The van der Waals surface area contributed by atoms with Crippen molar-refractivity contribution in [1.29, 1.82) is 0 Å². The molecule has 0 spiro atoms. The van der Waals surface area contributed by atoms with Gasteiger partial charge in [-0.1, -0.05) is 38.3 Å². The lowest BCUT2D eigenvalue weighted by Gasteiger charge is -2.39. The maximum Gasteiger partial charge on any atom is 0.238 e. The largest absolute Gasteiger partial charge is 0.497 e. The second-order valence-corrected chi connectivity index (χ2v) is 12.3. The van der Waals surface area contributed by atoms with Crippen molar-refractivity contribution in [2.75, 3.05) is 39.0 Å². The number of carbonyl (C=O) groups excluding carboxylic acids is 2. The minimum absolute atomic E-state index is 0.0109. The molecule has 1 saturated carbocycles. The summed E-state index contributed by atoms with van der Waals surface area (Å²) in [5, 5.41) is 0. The van der Waals surface area contributed by atoms with E-state index in [0.29, 0.717) is 51.4 Å². The highest BCUT2D eigenvalue weighted by Gasteiger charge is 2.33. The van der Waals surface area contributed by atoms with Gasteiger partial charge in [-0.15, -0.1) is 0 Å². The minimum atomic E-state index is -3.51. The molecule has 1 heterocycles. The van der Waals surface area contributed by atoms with Crippen LogP contribution in [-0.4, -0.2) is 79.4 Å². The summed E-state index contributed by atoms with van der Waals surface area (Å²) in [6, 6.07) is 7.59. The van der Waals surface area contributed by atoms with Crippen LogP contribution >= 0.6 is 0 Å². The van der Waals surface area contributed by atoms with E-state index in [4.69, 9.17) is 4.74 Å². The van der Waals surface area contributed by atoms with E-state index < -0.39 is 10.0 Å². The molecule has 3 rings (SSSR count). The fourth-order valence-corrected chi connectivity index (χ4v) is 6.47. The zero-order valence-corrected chi connectivity index (χ0v) is 23.0. The number of sulfonamides is 1. The average molecular weight is 522 g/mol. The maximum absolute atomic E-state index is 13.8. The SMILES string of the molecule is CCC(=O)N1CCC(N(Cc2ccc(OC)cc2)C(=O)CN(CC2CCCCC2)S(=O)(=O)CC)CC1. The Kier molecular flexibility index (Phi) is 10.6. The number of likely N-dealkylation sites (tertiary alicyclic amines) is 1. The van der Waals surface area contributed by atoms with Crippen LogP contribution in [-0.2, 0) is 26.2 Å². The molecule has 2 aliphatic rings. The highest BCUT2D eigenvalue weighted by atomic mass is 32.2. The quantitative estimate of drug-likeness (QED) is 0.444. The molecule has 2 fully saturated rings. The van der Waals surface area contributed by atoms with Gasteiger partial charge in [0.25, 0.3) is 0 Å². The fourth-order valence-electron chi connectivity index (χ4n) is 5.36. The number of ether oxygens (including phenoxy) is 1. The lowest BCUT2D eigenvalue weighted by Crippen LogP contribution is -2.51. The molecule has 1 aromatic carbocycles. The molecule has 1 aliphatic heterocycles. The molecule has 1 aliphatic carbocycles. The zero-order valence-electron chi connectivity index (χ0n) is 22.2. The van der Waals surface area contributed by atoms with Crippen molar-refractivity contribution in [3.05, 3.63) is 29.8 Å². The second-order valence-electron chi connectivity index (χ2n) is 10.0. The minimum Gasteiger partial charge on any atom is -0.497 e. The van der Waals surface area contributed by atoms with Crippen molar-refractivity contribution in [3.63, 3.8) is 0 Å². The van der Waals surface area contributed by atoms with Crippen LogP contribution in [0.15, 0.2) is 24.3 Å². The van der Waals surface area contributed by atoms with Gasteiger partial charge in [-0.25, -0.2) is 8.42 Å². The molecular formula is C27H43N3O5S. The second kappa shape index (κ2) is 13.4. The van der Waals surface area contributed by atoms with E-state index in [1.54, 1.807) is 14.0 Å². The normalized spacial score (nSPS) is 17.8. The summed E-state index contributed by atoms with van der Waals surface area (Å²) in [4.78, 5) is 29.6. The van der Waals surface area contributed by atoms with E-state index in [1.165, 1.54) is 10.7 Å². The molecule has 0 radical (unpaired) electrons. The van der Waals surface area contributed by atoms with Crippen molar-refractivity contribution >= 4 is 21.8 Å². The monoisotopic (exact) mass is 521 g/mol. The van der Waals surface area contributed by atoms with Crippen LogP contribution in [0.4, 0.5) is 0 Å². The number of hydrogen-bond acceptors (Lipinski definition) is 5. The lowest BCUT2D eigenvalue weighted by molar-refractivity contribution is -0.137. The number of nitrogens with zero attached hydrogens (tertiary/aromatic N) is 3. The smallest absolute Gasteiger partial charge is 0.238 e. The Morgan fingerprint density at radius 3 is 2.19 bits per heavy atom. The van der Waals surface area contributed by atoms with Crippen molar-refractivity contribution < 1.29 is 22.7 Å². The molecule has 1 saturated heterocycles. The third-order valence-corrected chi connectivity index (χ3v) is 9.44. The molecule has 0 aromatic heterocycles. The standard InChI is InChI=1S/C27H43N3O5S/c1-4-26(31)28-17-15-24(16-18-28)30(20-23-11-13-25(35-3)14-12-23)27(32)21-29(36(33,34)5-2)19-22-9-7-6-8-10-22/h11-14,22,24H,4-10,15-21H2,1-3H3. The van der Waals surface area contributed by atoms with E-state index in [1.807, 2.05) is 41.0 Å². The van der Waals surface area contributed by atoms with E-state index in [-0.39, 0.29) is 30.2 Å². The van der Waals surface area contributed by atoms with Gasteiger partial charge in [0.1, 0.15) is 5.75 Å². The van der Waals surface area contributed by atoms with Crippen LogP contribution in [0.1, 0.15) is 70.8 Å². The number of amides is 2. The Bertz CT molecular complexity index is 952. The van der Waals surface area contributed by atoms with Crippen molar-refractivity contribution in [1.82, 2.24) is 14.1 Å². The molecule has 8 nitrogen and oxygen atoms in total. The average Bonchev–Trinajstić information content (AvgIpc) is 2.91. The van der Waals surface area contributed by atoms with Gasteiger partial charge >= 0.3 is 0 Å². The van der Waals surface area contributed by atoms with E-state index >= 15 is 0 Å². The Balaban J connectivity index is 1.78. The number of methoxy groups -OCH3 is 1. The third-order valence-electron chi connectivity index (χ3n) is 7.65. The number of carbonyl (C=O) groups is 2. The van der Waals surface area contributed by atoms with Gasteiger partial charge in [0.15, 0.2) is 0 Å². The first kappa shape index (κ1) is 28.4. The van der Waals surface area contributed by atoms with Crippen LogP contribution in [0.2, 0.25) is 0 Å². The van der Waals surface area contributed by atoms with Gasteiger partial charge in [-0.3, -0.25) is 9.59 Å². The predicted molar refractivity (Wildman–Crippen MR) is 141 cm³/mol. The summed E-state index contributed by atoms with van der Waals surface area (Å²) in [6.07, 6.45) is 7.34. The molecule has 0 bridgehead atoms. The Labute approximate surface area is 217 Å². The summed E-state index contributed by atoms with van der Waals surface area (Å²) >= 11 is 0. The summed E-state index contributed by atoms with van der Waals surface area (Å²) in [6.45, 7) is 5.43. The van der Waals surface area contributed by atoms with Crippen LogP contribution in [0.3, 0.4) is 0 Å². The third kappa shape index (κ3) is 7.68. The number of piperidine rings is 1. The van der Waals surface area contributed by atoms with Gasteiger partial charge in [-0.05, 0) is 56.2 Å². The van der Waals surface area contributed by atoms with Crippen LogP contribution in [0.5, 0.6) is 5.75 Å². The lowest BCUT2D eigenvalue weighted by atomic mass is 9.89. The van der Waals surface area contributed by atoms with Gasteiger partial charge < -0.3 is 14.5 Å². The Morgan fingerprint density at radius 1 is 1.00 bits per heavy atom. The molecular weight excluding hydrogens is 478 g/mol. The summed E-state index contributed by atoms with van der Waals surface area (Å²) in [5.41, 5.74) is 0.966. The van der Waals surface area contributed by atoms with Crippen LogP contribution in [0.25, 0.3) is 0 Å². The first-order chi connectivity index (χ1) is 17.3. The molecule has 0 unspecified atom stereocenters. The van der Waals surface area contributed by atoms with Crippen molar-refractivity contribution in [3.8, 4) is 5.75 Å². The first-order valence-corrected chi connectivity index (χ1v) is 15.1. The fraction of sp³-hybridized carbons (Fsp3) is 0.704. The van der Waals surface area contributed by atoms with Crippen LogP contribution < -0.4 is 4.74 Å². The zero-order chi connectivity index (χ0) is 26.1. The molecule has 0 N–H and O–H groups in total. The molecule has 1 aromatic rings. The van der Waals surface area contributed by atoms with Crippen molar-refractivity contribution in [2.45, 2.75) is 77.8 Å². The topological polar surface area (TPSA) is 87.2 Å².